The van der Waals surface area contributed by atoms with Crippen LogP contribution >= 0.6 is 11.3 Å². The quantitative estimate of drug-likeness (QED) is 0.739. The zero-order valence-electron chi connectivity index (χ0n) is 10.0. The first-order valence-corrected chi connectivity index (χ1v) is 6.67. The first-order valence-electron chi connectivity index (χ1n) is 5.79. The Bertz CT molecular complexity index is 492. The van der Waals surface area contributed by atoms with Gasteiger partial charge < -0.3 is 15.6 Å². The second-order valence-corrected chi connectivity index (χ2v) is 4.99. The van der Waals surface area contributed by atoms with E-state index < -0.39 is 0 Å². The third kappa shape index (κ3) is 3.68. The van der Waals surface area contributed by atoms with E-state index in [0.29, 0.717) is 5.56 Å². The molecular weight excluding hydrogens is 248 g/mol. The van der Waals surface area contributed by atoms with Gasteiger partial charge in [-0.25, -0.2) is 4.98 Å². The lowest BCUT2D eigenvalue weighted by atomic mass is 10.3. The third-order valence-electron chi connectivity index (χ3n) is 2.57. The van der Waals surface area contributed by atoms with Crippen molar-refractivity contribution >= 4 is 17.2 Å². The highest BCUT2D eigenvalue weighted by Crippen LogP contribution is 2.13. The minimum Gasteiger partial charge on any atom is -0.366 e. The van der Waals surface area contributed by atoms with E-state index in [1.807, 2.05) is 18.6 Å². The number of hydrogen-bond acceptors (Lipinski definition) is 4. The number of nitrogens with zero attached hydrogens (tertiary/aromatic N) is 2. The molecule has 2 aromatic heterocycles. The standard InChI is InChI=1S/C12H16N4OS/c13-12(17)10-6-11(18-8-10)7-14-2-1-4-16-5-3-15-9-16/h3,5-6,8-9,14H,1-2,4,7H2,(H2,13,17). The number of amides is 1. The van der Waals surface area contributed by atoms with Gasteiger partial charge in [0.15, 0.2) is 0 Å². The van der Waals surface area contributed by atoms with Crippen molar-refractivity contribution in [3.8, 4) is 0 Å². The summed E-state index contributed by atoms with van der Waals surface area (Å²) >= 11 is 1.56. The number of carbonyl (C=O) groups is 1. The molecule has 0 bridgehead atoms. The van der Waals surface area contributed by atoms with Crippen LogP contribution < -0.4 is 11.1 Å². The molecule has 0 spiro atoms. The summed E-state index contributed by atoms with van der Waals surface area (Å²) in [6.07, 6.45) is 6.60. The monoisotopic (exact) mass is 264 g/mol. The van der Waals surface area contributed by atoms with Crippen LogP contribution in [0, 0.1) is 0 Å². The maximum absolute atomic E-state index is 10.9. The van der Waals surface area contributed by atoms with Crippen LogP contribution in [0.4, 0.5) is 0 Å². The van der Waals surface area contributed by atoms with E-state index in [2.05, 4.69) is 14.9 Å². The van der Waals surface area contributed by atoms with Gasteiger partial charge in [-0.1, -0.05) is 0 Å². The van der Waals surface area contributed by atoms with Crippen molar-refractivity contribution in [2.75, 3.05) is 6.54 Å². The third-order valence-corrected chi connectivity index (χ3v) is 3.50. The molecule has 0 fully saturated rings. The van der Waals surface area contributed by atoms with E-state index in [4.69, 9.17) is 5.73 Å². The van der Waals surface area contributed by atoms with E-state index in [1.165, 1.54) is 0 Å². The molecular formula is C12H16N4OS. The Labute approximate surface area is 110 Å². The molecule has 3 N–H and O–H groups in total. The van der Waals surface area contributed by atoms with Crippen LogP contribution in [0.2, 0.25) is 0 Å². The molecule has 0 aromatic carbocycles. The Balaban J connectivity index is 1.64. The highest BCUT2D eigenvalue weighted by molar-refractivity contribution is 7.10. The molecule has 0 aliphatic heterocycles. The van der Waals surface area contributed by atoms with E-state index in [9.17, 15) is 4.79 Å². The summed E-state index contributed by atoms with van der Waals surface area (Å²) in [5, 5.41) is 5.14. The lowest BCUT2D eigenvalue weighted by Crippen LogP contribution is -2.15. The van der Waals surface area contributed by atoms with Crippen molar-refractivity contribution in [1.29, 1.82) is 0 Å². The summed E-state index contributed by atoms with van der Waals surface area (Å²) in [6.45, 7) is 2.67. The van der Waals surface area contributed by atoms with Gasteiger partial charge in [0.2, 0.25) is 5.91 Å². The normalized spacial score (nSPS) is 10.7. The van der Waals surface area contributed by atoms with Gasteiger partial charge in [0.1, 0.15) is 0 Å². The molecule has 2 heterocycles. The van der Waals surface area contributed by atoms with Crippen molar-refractivity contribution in [3.05, 3.63) is 40.6 Å². The second kappa shape index (κ2) is 6.32. The minimum absolute atomic E-state index is 0.363. The van der Waals surface area contributed by atoms with Gasteiger partial charge in [-0.3, -0.25) is 4.79 Å². The van der Waals surface area contributed by atoms with Gasteiger partial charge in [0.05, 0.1) is 11.9 Å². The molecule has 96 valence electrons. The van der Waals surface area contributed by atoms with Crippen LogP contribution in [0.15, 0.2) is 30.2 Å². The molecule has 2 rings (SSSR count). The highest BCUT2D eigenvalue weighted by Gasteiger charge is 2.03. The van der Waals surface area contributed by atoms with Crippen molar-refractivity contribution in [2.45, 2.75) is 19.5 Å². The number of hydrogen-bond donors (Lipinski definition) is 2. The van der Waals surface area contributed by atoms with Crippen LogP contribution in [-0.4, -0.2) is 22.0 Å². The summed E-state index contributed by atoms with van der Waals surface area (Å²) in [7, 11) is 0. The van der Waals surface area contributed by atoms with E-state index in [-0.39, 0.29) is 5.91 Å². The number of primary amides is 1. The number of imidazole rings is 1. The van der Waals surface area contributed by atoms with Crippen molar-refractivity contribution < 1.29 is 4.79 Å². The molecule has 0 radical (unpaired) electrons. The van der Waals surface area contributed by atoms with Crippen LogP contribution in [0.5, 0.6) is 0 Å². The minimum atomic E-state index is -0.363. The predicted octanol–water partition coefficient (Wildman–Crippen LogP) is 1.22. The van der Waals surface area contributed by atoms with Crippen LogP contribution in [0.25, 0.3) is 0 Å². The largest absolute Gasteiger partial charge is 0.366 e. The lowest BCUT2D eigenvalue weighted by Gasteiger charge is -2.03. The van der Waals surface area contributed by atoms with Gasteiger partial charge in [-0.2, -0.15) is 0 Å². The topological polar surface area (TPSA) is 72.9 Å². The highest BCUT2D eigenvalue weighted by atomic mass is 32.1. The van der Waals surface area contributed by atoms with E-state index in [1.54, 1.807) is 22.9 Å². The molecule has 0 unspecified atom stereocenters. The number of aromatic nitrogens is 2. The number of thiophene rings is 1. The predicted molar refractivity (Wildman–Crippen MR) is 71.4 cm³/mol. The van der Waals surface area contributed by atoms with Gasteiger partial charge in [-0.15, -0.1) is 11.3 Å². The van der Waals surface area contributed by atoms with Crippen LogP contribution in [0.3, 0.4) is 0 Å². The van der Waals surface area contributed by atoms with Crippen molar-refractivity contribution in [1.82, 2.24) is 14.9 Å². The summed E-state index contributed by atoms with van der Waals surface area (Å²) in [5.41, 5.74) is 5.79. The molecule has 1 amide bonds. The molecule has 6 heteroatoms. The Morgan fingerprint density at radius 1 is 1.56 bits per heavy atom. The fraction of sp³-hybridized carbons (Fsp3) is 0.333. The van der Waals surface area contributed by atoms with E-state index >= 15 is 0 Å². The summed E-state index contributed by atoms with van der Waals surface area (Å²) in [4.78, 5) is 16.0. The van der Waals surface area contributed by atoms with Crippen molar-refractivity contribution in [3.63, 3.8) is 0 Å². The average molecular weight is 264 g/mol. The van der Waals surface area contributed by atoms with Gasteiger partial charge in [0, 0.05) is 35.7 Å². The lowest BCUT2D eigenvalue weighted by molar-refractivity contribution is 0.100. The zero-order valence-corrected chi connectivity index (χ0v) is 10.8. The molecule has 0 saturated heterocycles. The number of aryl methyl sites for hydroxylation is 1. The number of nitrogens with one attached hydrogen (secondary N) is 1. The van der Waals surface area contributed by atoms with Gasteiger partial charge in [-0.05, 0) is 19.0 Å². The SMILES string of the molecule is NC(=O)c1csc(CNCCCn2ccnc2)c1. The molecule has 0 atom stereocenters. The molecule has 5 nitrogen and oxygen atoms in total. The fourth-order valence-corrected chi connectivity index (χ4v) is 2.46. The Kier molecular flexibility index (Phi) is 4.49. The Morgan fingerprint density at radius 2 is 2.44 bits per heavy atom. The average Bonchev–Trinajstić information content (AvgIpc) is 2.98. The smallest absolute Gasteiger partial charge is 0.249 e. The van der Waals surface area contributed by atoms with Gasteiger partial charge >= 0.3 is 0 Å². The molecule has 0 aliphatic carbocycles. The summed E-state index contributed by atoms with van der Waals surface area (Å²) in [6, 6.07) is 1.84. The maximum atomic E-state index is 10.9. The molecule has 2 aromatic rings. The summed E-state index contributed by atoms with van der Waals surface area (Å²) in [5.74, 6) is -0.363. The molecule has 0 aliphatic rings. The Hall–Kier alpha value is -1.66. The van der Waals surface area contributed by atoms with Crippen LogP contribution in [-0.2, 0) is 13.1 Å². The zero-order chi connectivity index (χ0) is 12.8. The molecule has 0 saturated carbocycles. The van der Waals surface area contributed by atoms with Gasteiger partial charge in [0.25, 0.3) is 0 Å². The molecule has 18 heavy (non-hydrogen) atoms. The first kappa shape index (κ1) is 12.8. The van der Waals surface area contributed by atoms with Crippen molar-refractivity contribution in [2.24, 2.45) is 5.73 Å². The second-order valence-electron chi connectivity index (χ2n) is 4.00. The number of rotatable bonds is 7. The van der Waals surface area contributed by atoms with E-state index in [0.717, 1.165) is 30.9 Å². The fourth-order valence-electron chi connectivity index (χ4n) is 1.62. The summed E-state index contributed by atoms with van der Waals surface area (Å²) < 4.78 is 2.05. The number of nitrogens with two attached hydrogens (primary N) is 1. The number of carbonyl (C=O) groups excluding carboxylic acids is 1. The Morgan fingerprint density at radius 3 is 3.11 bits per heavy atom. The maximum Gasteiger partial charge on any atom is 0.249 e. The first-order chi connectivity index (χ1) is 8.75. The van der Waals surface area contributed by atoms with Crippen LogP contribution in [0.1, 0.15) is 21.7 Å².